The van der Waals surface area contributed by atoms with E-state index in [1.807, 2.05) is 19.9 Å². The van der Waals surface area contributed by atoms with Crippen LogP contribution >= 0.6 is 0 Å². The van der Waals surface area contributed by atoms with Gasteiger partial charge in [-0.3, -0.25) is 0 Å². The molecule has 0 heterocycles. The molecular weight excluding hydrogens is 136 g/mol. The molecule has 1 unspecified atom stereocenters. The Morgan fingerprint density at radius 2 is 2.18 bits per heavy atom. The number of hydrogen-bond donors (Lipinski definition) is 1. The average molecular weight is 152 g/mol. The SMILES string of the molecule is CC1C=CC(C(C)(C)O)=CC1. The maximum atomic E-state index is 9.61. The highest BCUT2D eigenvalue weighted by Crippen LogP contribution is 2.23. The Balaban J connectivity index is 2.71. The van der Waals surface area contributed by atoms with E-state index in [2.05, 4.69) is 19.1 Å². The summed E-state index contributed by atoms with van der Waals surface area (Å²) in [6, 6.07) is 0. The van der Waals surface area contributed by atoms with Gasteiger partial charge in [0.1, 0.15) is 0 Å². The third-order valence-electron chi connectivity index (χ3n) is 2.02. The van der Waals surface area contributed by atoms with Gasteiger partial charge in [-0.1, -0.05) is 25.2 Å². The number of aliphatic hydroxyl groups is 1. The van der Waals surface area contributed by atoms with Crippen LogP contribution in [0.4, 0.5) is 0 Å². The molecule has 1 heteroatoms. The Bertz CT molecular complexity index is 193. The fourth-order valence-corrected chi connectivity index (χ4v) is 1.18. The van der Waals surface area contributed by atoms with Crippen molar-refractivity contribution in [2.45, 2.75) is 32.8 Å². The molecule has 1 nitrogen and oxygen atoms in total. The molecule has 0 saturated heterocycles. The summed E-state index contributed by atoms with van der Waals surface area (Å²) in [5, 5.41) is 9.61. The molecule has 1 atom stereocenters. The first-order chi connectivity index (χ1) is 5.00. The molecule has 11 heavy (non-hydrogen) atoms. The van der Waals surface area contributed by atoms with E-state index >= 15 is 0 Å². The lowest BCUT2D eigenvalue weighted by molar-refractivity contribution is 0.123. The molecule has 0 aliphatic heterocycles. The number of allylic oxidation sites excluding steroid dienone is 2. The molecule has 1 aliphatic carbocycles. The van der Waals surface area contributed by atoms with Crippen molar-refractivity contribution in [3.8, 4) is 0 Å². The lowest BCUT2D eigenvalue weighted by Crippen LogP contribution is -2.22. The van der Waals surface area contributed by atoms with E-state index in [4.69, 9.17) is 0 Å². The molecule has 0 spiro atoms. The summed E-state index contributed by atoms with van der Waals surface area (Å²) in [6.07, 6.45) is 7.34. The zero-order valence-corrected chi connectivity index (χ0v) is 7.46. The van der Waals surface area contributed by atoms with Gasteiger partial charge in [0, 0.05) is 0 Å². The van der Waals surface area contributed by atoms with E-state index in [-0.39, 0.29) is 0 Å². The molecule has 0 bridgehead atoms. The molecule has 62 valence electrons. The van der Waals surface area contributed by atoms with E-state index in [9.17, 15) is 5.11 Å². The molecule has 0 radical (unpaired) electrons. The van der Waals surface area contributed by atoms with E-state index < -0.39 is 5.60 Å². The van der Waals surface area contributed by atoms with Crippen molar-refractivity contribution in [1.29, 1.82) is 0 Å². The van der Waals surface area contributed by atoms with Gasteiger partial charge < -0.3 is 5.11 Å². The highest BCUT2D eigenvalue weighted by molar-refractivity contribution is 5.30. The molecule has 0 fully saturated rings. The van der Waals surface area contributed by atoms with Gasteiger partial charge in [0.2, 0.25) is 0 Å². The molecule has 0 aromatic carbocycles. The Hall–Kier alpha value is -0.560. The van der Waals surface area contributed by atoms with Crippen LogP contribution in [0.1, 0.15) is 27.2 Å². The van der Waals surface area contributed by atoms with Gasteiger partial charge in [-0.2, -0.15) is 0 Å². The standard InChI is InChI=1S/C10H16O/c1-8-4-6-9(7-5-8)10(2,3)11/h4,6-8,11H,5H2,1-3H3. The second kappa shape index (κ2) is 2.82. The topological polar surface area (TPSA) is 20.2 Å². The van der Waals surface area contributed by atoms with Crippen molar-refractivity contribution in [3.05, 3.63) is 23.8 Å². The average Bonchev–Trinajstić information content (AvgIpc) is 1.86. The van der Waals surface area contributed by atoms with Crippen LogP contribution in [-0.4, -0.2) is 10.7 Å². The van der Waals surface area contributed by atoms with Crippen LogP contribution in [0, 0.1) is 5.92 Å². The second-order valence-corrected chi connectivity index (χ2v) is 3.79. The maximum absolute atomic E-state index is 9.61. The third-order valence-corrected chi connectivity index (χ3v) is 2.02. The predicted molar refractivity (Wildman–Crippen MR) is 47.3 cm³/mol. The fourth-order valence-electron chi connectivity index (χ4n) is 1.18. The van der Waals surface area contributed by atoms with Crippen molar-refractivity contribution < 1.29 is 5.11 Å². The van der Waals surface area contributed by atoms with Crippen molar-refractivity contribution in [2.75, 3.05) is 0 Å². The zero-order chi connectivity index (χ0) is 8.48. The summed E-state index contributed by atoms with van der Waals surface area (Å²) in [4.78, 5) is 0. The Kier molecular flexibility index (Phi) is 2.19. The smallest absolute Gasteiger partial charge is 0.0837 e. The normalized spacial score (nSPS) is 25.1. The Morgan fingerprint density at radius 3 is 2.55 bits per heavy atom. The minimum absolute atomic E-state index is 0.626. The van der Waals surface area contributed by atoms with E-state index in [0.29, 0.717) is 5.92 Å². The minimum Gasteiger partial charge on any atom is -0.386 e. The van der Waals surface area contributed by atoms with Crippen LogP contribution < -0.4 is 0 Å². The maximum Gasteiger partial charge on any atom is 0.0837 e. The first-order valence-electron chi connectivity index (χ1n) is 4.11. The van der Waals surface area contributed by atoms with Crippen LogP contribution in [0.15, 0.2) is 23.8 Å². The van der Waals surface area contributed by atoms with Gasteiger partial charge in [-0.05, 0) is 31.8 Å². The second-order valence-electron chi connectivity index (χ2n) is 3.79. The Labute approximate surface area is 68.4 Å². The molecule has 1 rings (SSSR count). The molecular formula is C10H16O. The summed E-state index contributed by atoms with van der Waals surface area (Å²) in [5.41, 5.74) is 0.368. The minimum atomic E-state index is -0.670. The Morgan fingerprint density at radius 1 is 1.55 bits per heavy atom. The summed E-state index contributed by atoms with van der Waals surface area (Å²) < 4.78 is 0. The lowest BCUT2D eigenvalue weighted by Gasteiger charge is -2.22. The summed E-state index contributed by atoms with van der Waals surface area (Å²) in [6.45, 7) is 5.81. The van der Waals surface area contributed by atoms with Crippen LogP contribution in [-0.2, 0) is 0 Å². The highest BCUT2D eigenvalue weighted by atomic mass is 16.3. The van der Waals surface area contributed by atoms with Gasteiger partial charge in [0.15, 0.2) is 0 Å². The fraction of sp³-hybridized carbons (Fsp3) is 0.600. The van der Waals surface area contributed by atoms with Crippen LogP contribution in [0.25, 0.3) is 0 Å². The number of rotatable bonds is 1. The molecule has 0 amide bonds. The quantitative estimate of drug-likeness (QED) is 0.611. The van der Waals surface area contributed by atoms with Gasteiger partial charge in [0.05, 0.1) is 5.60 Å². The first kappa shape index (κ1) is 8.54. The van der Waals surface area contributed by atoms with E-state index in [1.165, 1.54) is 0 Å². The zero-order valence-electron chi connectivity index (χ0n) is 7.46. The predicted octanol–water partition coefficient (Wildman–Crippen LogP) is 2.28. The lowest BCUT2D eigenvalue weighted by atomic mass is 9.90. The molecule has 0 saturated carbocycles. The monoisotopic (exact) mass is 152 g/mol. The van der Waals surface area contributed by atoms with Crippen molar-refractivity contribution in [3.63, 3.8) is 0 Å². The molecule has 0 aromatic heterocycles. The van der Waals surface area contributed by atoms with Gasteiger partial charge in [-0.25, -0.2) is 0 Å². The van der Waals surface area contributed by atoms with Crippen LogP contribution in [0.3, 0.4) is 0 Å². The van der Waals surface area contributed by atoms with Gasteiger partial charge in [-0.15, -0.1) is 0 Å². The van der Waals surface area contributed by atoms with Crippen molar-refractivity contribution in [2.24, 2.45) is 5.92 Å². The van der Waals surface area contributed by atoms with Gasteiger partial charge >= 0.3 is 0 Å². The van der Waals surface area contributed by atoms with Gasteiger partial charge in [0.25, 0.3) is 0 Å². The van der Waals surface area contributed by atoms with E-state index in [0.717, 1.165) is 12.0 Å². The van der Waals surface area contributed by atoms with Crippen LogP contribution in [0.5, 0.6) is 0 Å². The number of hydrogen-bond acceptors (Lipinski definition) is 1. The largest absolute Gasteiger partial charge is 0.386 e. The molecule has 1 N–H and O–H groups in total. The summed E-state index contributed by atoms with van der Waals surface area (Å²) in [7, 11) is 0. The molecule has 0 aromatic rings. The third kappa shape index (κ3) is 2.19. The van der Waals surface area contributed by atoms with Crippen molar-refractivity contribution in [1.82, 2.24) is 0 Å². The molecule has 1 aliphatic rings. The highest BCUT2D eigenvalue weighted by Gasteiger charge is 2.18. The van der Waals surface area contributed by atoms with E-state index in [1.54, 1.807) is 0 Å². The summed E-state index contributed by atoms with van der Waals surface area (Å²) >= 11 is 0. The first-order valence-corrected chi connectivity index (χ1v) is 4.11. The van der Waals surface area contributed by atoms with Crippen molar-refractivity contribution >= 4 is 0 Å². The summed E-state index contributed by atoms with van der Waals surface area (Å²) in [5.74, 6) is 0.626. The van der Waals surface area contributed by atoms with Crippen LogP contribution in [0.2, 0.25) is 0 Å².